The number of aryl methyl sites for hydroxylation is 2. The minimum Gasteiger partial charge on any atom is -0.328 e. The molecule has 0 atom stereocenters. The quantitative estimate of drug-likeness (QED) is 0.792. The van der Waals surface area contributed by atoms with Crippen LogP contribution in [0.15, 0.2) is 0 Å². The molecule has 0 aliphatic rings. The molecule has 2 aromatic heterocycles. The van der Waals surface area contributed by atoms with E-state index in [-0.39, 0.29) is 0 Å². The molecule has 0 radical (unpaired) electrons. The first-order valence-electron chi connectivity index (χ1n) is 5.36. The minimum atomic E-state index is -3.18. The van der Waals surface area contributed by atoms with Gasteiger partial charge in [-0.2, -0.15) is 5.10 Å². The first kappa shape index (κ1) is 13.2. The number of hydrogen-bond acceptors (Lipinski definition) is 4. The molecule has 2 aromatic rings. The van der Waals surface area contributed by atoms with E-state index in [1.165, 1.54) is 0 Å². The van der Waals surface area contributed by atoms with Crippen molar-refractivity contribution in [2.45, 2.75) is 13.5 Å². The number of fused-ring (bicyclic) bond motifs is 1. The van der Waals surface area contributed by atoms with Crippen LogP contribution in [-0.2, 0) is 23.6 Å². The summed E-state index contributed by atoms with van der Waals surface area (Å²) in [5.41, 5.74) is 2.63. The molecule has 0 bridgehead atoms. The summed E-state index contributed by atoms with van der Waals surface area (Å²) >= 11 is 5.22. The first-order chi connectivity index (χ1) is 8.29. The van der Waals surface area contributed by atoms with Gasteiger partial charge in [0.25, 0.3) is 0 Å². The predicted octanol–water partition coefficient (Wildman–Crippen LogP) is 0.290. The third kappa shape index (κ3) is 2.47. The van der Waals surface area contributed by atoms with Gasteiger partial charge in [0.1, 0.15) is 5.52 Å². The molecule has 0 fully saturated rings. The van der Waals surface area contributed by atoms with Crippen molar-refractivity contribution in [3.05, 3.63) is 10.5 Å². The summed E-state index contributed by atoms with van der Waals surface area (Å²) in [4.78, 5) is 3.08. The molecular weight excluding hydrogens is 274 g/mol. The van der Waals surface area contributed by atoms with E-state index < -0.39 is 10.0 Å². The van der Waals surface area contributed by atoms with Crippen LogP contribution < -0.4 is 4.72 Å². The van der Waals surface area contributed by atoms with Gasteiger partial charge in [0, 0.05) is 20.1 Å². The molecule has 7 nitrogen and oxygen atoms in total. The van der Waals surface area contributed by atoms with Crippen molar-refractivity contribution in [3.63, 3.8) is 0 Å². The molecule has 2 rings (SSSR count). The van der Waals surface area contributed by atoms with Crippen molar-refractivity contribution in [2.24, 2.45) is 7.05 Å². The van der Waals surface area contributed by atoms with Crippen molar-refractivity contribution >= 4 is 33.4 Å². The van der Waals surface area contributed by atoms with E-state index in [2.05, 4.69) is 14.8 Å². The zero-order valence-electron chi connectivity index (χ0n) is 10.4. The van der Waals surface area contributed by atoms with Gasteiger partial charge >= 0.3 is 0 Å². The highest BCUT2D eigenvalue weighted by atomic mass is 32.2. The topological polar surface area (TPSA) is 84.7 Å². The molecule has 0 saturated carbocycles. The fraction of sp³-hybridized carbons (Fsp3) is 0.556. The van der Waals surface area contributed by atoms with E-state index in [1.54, 1.807) is 4.68 Å². The van der Waals surface area contributed by atoms with Gasteiger partial charge < -0.3 is 9.55 Å². The normalized spacial score (nSPS) is 12.4. The van der Waals surface area contributed by atoms with Crippen molar-refractivity contribution in [1.29, 1.82) is 0 Å². The van der Waals surface area contributed by atoms with E-state index >= 15 is 0 Å². The molecule has 0 saturated heterocycles. The Kier molecular flexibility index (Phi) is 3.30. The van der Waals surface area contributed by atoms with Gasteiger partial charge in [-0.25, -0.2) is 13.1 Å². The average molecular weight is 289 g/mol. The number of rotatable bonds is 4. The Morgan fingerprint density at radius 2 is 2.17 bits per heavy atom. The van der Waals surface area contributed by atoms with Crippen LogP contribution in [0.2, 0.25) is 0 Å². The number of hydrogen-bond donors (Lipinski definition) is 2. The van der Waals surface area contributed by atoms with Crippen molar-refractivity contribution < 1.29 is 8.42 Å². The zero-order chi connectivity index (χ0) is 13.5. The van der Waals surface area contributed by atoms with Crippen LogP contribution >= 0.6 is 12.2 Å². The van der Waals surface area contributed by atoms with Gasteiger partial charge in [0.05, 0.1) is 11.9 Å². The Bertz CT molecular complexity index is 737. The van der Waals surface area contributed by atoms with E-state index in [1.807, 2.05) is 18.5 Å². The number of aromatic amines is 1. The number of nitrogens with one attached hydrogen (secondary N) is 2. The van der Waals surface area contributed by atoms with Crippen LogP contribution in [0, 0.1) is 11.7 Å². The highest BCUT2D eigenvalue weighted by Gasteiger charge is 2.12. The fourth-order valence-electron chi connectivity index (χ4n) is 1.92. The van der Waals surface area contributed by atoms with Crippen LogP contribution in [0.25, 0.3) is 11.2 Å². The summed E-state index contributed by atoms with van der Waals surface area (Å²) in [5.74, 6) is 0. The Morgan fingerprint density at radius 1 is 1.50 bits per heavy atom. The van der Waals surface area contributed by atoms with Crippen LogP contribution in [0.1, 0.15) is 5.69 Å². The number of aromatic nitrogens is 4. The maximum absolute atomic E-state index is 11.0. The summed E-state index contributed by atoms with van der Waals surface area (Å²) in [7, 11) is -1.35. The Morgan fingerprint density at radius 3 is 2.78 bits per heavy atom. The molecule has 18 heavy (non-hydrogen) atoms. The van der Waals surface area contributed by atoms with Gasteiger partial charge in [-0.05, 0) is 19.1 Å². The molecule has 0 unspecified atom stereocenters. The smallest absolute Gasteiger partial charge is 0.208 e. The summed E-state index contributed by atoms with van der Waals surface area (Å²) in [6.45, 7) is 2.65. The van der Waals surface area contributed by atoms with Gasteiger partial charge in [-0.15, -0.1) is 0 Å². The zero-order valence-corrected chi connectivity index (χ0v) is 12.0. The van der Waals surface area contributed by atoms with Crippen molar-refractivity contribution in [1.82, 2.24) is 24.1 Å². The lowest BCUT2D eigenvalue weighted by Gasteiger charge is -2.05. The van der Waals surface area contributed by atoms with E-state index in [0.29, 0.717) is 17.9 Å². The van der Waals surface area contributed by atoms with Crippen LogP contribution in [0.4, 0.5) is 0 Å². The van der Waals surface area contributed by atoms with Crippen molar-refractivity contribution in [2.75, 3.05) is 12.8 Å². The summed E-state index contributed by atoms with van der Waals surface area (Å²) in [6, 6.07) is 0. The summed E-state index contributed by atoms with van der Waals surface area (Å²) in [6.07, 6.45) is 1.13. The molecule has 0 spiro atoms. The molecular formula is C9H15N5O2S2. The molecule has 0 aromatic carbocycles. The maximum atomic E-state index is 11.0. The SMILES string of the molecule is Cc1nn(C)c2c1[nH]c(=S)n2CCNS(C)(=O)=O. The summed E-state index contributed by atoms with van der Waals surface area (Å²) in [5, 5.41) is 4.29. The molecule has 100 valence electrons. The molecule has 2 N–H and O–H groups in total. The molecule has 9 heteroatoms. The maximum Gasteiger partial charge on any atom is 0.208 e. The van der Waals surface area contributed by atoms with Gasteiger partial charge in [-0.3, -0.25) is 4.68 Å². The number of nitrogens with zero attached hydrogens (tertiary/aromatic N) is 3. The van der Waals surface area contributed by atoms with E-state index in [9.17, 15) is 8.42 Å². The highest BCUT2D eigenvalue weighted by Crippen LogP contribution is 2.16. The van der Waals surface area contributed by atoms with Crippen LogP contribution in [-0.4, -0.2) is 40.5 Å². The van der Waals surface area contributed by atoms with Crippen molar-refractivity contribution in [3.8, 4) is 0 Å². The molecule has 0 aliphatic heterocycles. The van der Waals surface area contributed by atoms with Gasteiger partial charge in [0.2, 0.25) is 10.0 Å². The standard InChI is InChI=1S/C9H15N5O2S2/c1-6-7-8(13(2)12-6)14(9(17)11-7)5-4-10-18(3,15)16/h10H,4-5H2,1-3H3,(H,11,17). The van der Waals surface area contributed by atoms with E-state index in [0.717, 1.165) is 23.1 Å². The molecule has 0 aliphatic carbocycles. The summed E-state index contributed by atoms with van der Waals surface area (Å²) < 4.78 is 28.6. The van der Waals surface area contributed by atoms with Crippen LogP contribution in [0.5, 0.6) is 0 Å². The second kappa shape index (κ2) is 4.48. The predicted molar refractivity (Wildman–Crippen MR) is 71.5 cm³/mol. The minimum absolute atomic E-state index is 0.296. The second-order valence-corrected chi connectivity index (χ2v) is 6.38. The van der Waals surface area contributed by atoms with Crippen LogP contribution in [0.3, 0.4) is 0 Å². The van der Waals surface area contributed by atoms with Gasteiger partial charge in [-0.1, -0.05) is 0 Å². The molecule has 0 amide bonds. The Balaban J connectivity index is 2.33. The second-order valence-electron chi connectivity index (χ2n) is 4.16. The first-order valence-corrected chi connectivity index (χ1v) is 7.66. The third-order valence-electron chi connectivity index (χ3n) is 2.62. The monoisotopic (exact) mass is 289 g/mol. The fourth-order valence-corrected chi connectivity index (χ4v) is 2.66. The number of H-pyrrole nitrogens is 1. The molecule has 2 heterocycles. The lowest BCUT2D eigenvalue weighted by atomic mass is 10.4. The number of imidazole rings is 1. The number of sulfonamides is 1. The largest absolute Gasteiger partial charge is 0.328 e. The third-order valence-corrected chi connectivity index (χ3v) is 3.68. The highest BCUT2D eigenvalue weighted by molar-refractivity contribution is 7.88. The average Bonchev–Trinajstić information content (AvgIpc) is 2.66. The lowest BCUT2D eigenvalue weighted by Crippen LogP contribution is -2.26. The Hall–Kier alpha value is -1.19. The lowest BCUT2D eigenvalue weighted by molar-refractivity contribution is 0.577. The Labute approximate surface area is 110 Å². The van der Waals surface area contributed by atoms with E-state index in [4.69, 9.17) is 12.2 Å². The van der Waals surface area contributed by atoms with Gasteiger partial charge in [0.15, 0.2) is 10.4 Å².